The SMILES string of the molecule is CN(C)CNc1ccc(N)c2c1C(=O)c1ccccc1C2=O. The maximum Gasteiger partial charge on any atom is 0.196 e. The van der Waals surface area contributed by atoms with Crippen LogP contribution in [0.2, 0.25) is 0 Å². The van der Waals surface area contributed by atoms with Gasteiger partial charge in [0.25, 0.3) is 0 Å². The van der Waals surface area contributed by atoms with Crippen LogP contribution in [-0.2, 0) is 0 Å². The lowest BCUT2D eigenvalue weighted by Gasteiger charge is -2.23. The van der Waals surface area contributed by atoms with Crippen LogP contribution in [0, 0.1) is 0 Å². The summed E-state index contributed by atoms with van der Waals surface area (Å²) in [4.78, 5) is 27.4. The summed E-state index contributed by atoms with van der Waals surface area (Å²) in [6, 6.07) is 10.3. The molecule has 0 saturated carbocycles. The number of carbonyl (C=O) groups excluding carboxylic acids is 2. The van der Waals surface area contributed by atoms with Crippen LogP contribution in [0.25, 0.3) is 0 Å². The van der Waals surface area contributed by atoms with Gasteiger partial charge in [0, 0.05) is 22.5 Å². The standard InChI is InChI=1S/C17H17N3O2/c1-20(2)9-19-13-8-7-12(18)14-15(13)17(22)11-6-4-3-5-10(11)16(14)21/h3-8,19H,9,18H2,1-2H3. The number of benzene rings is 2. The molecule has 0 fully saturated rings. The van der Waals surface area contributed by atoms with E-state index >= 15 is 0 Å². The summed E-state index contributed by atoms with van der Waals surface area (Å²) in [5.41, 5.74) is 8.43. The number of carbonyl (C=O) groups is 2. The minimum Gasteiger partial charge on any atom is -0.398 e. The third-order valence-corrected chi connectivity index (χ3v) is 3.69. The third kappa shape index (κ3) is 2.16. The number of nitrogens with two attached hydrogens (primary N) is 1. The molecular formula is C17H17N3O2. The van der Waals surface area contributed by atoms with E-state index < -0.39 is 0 Å². The maximum absolute atomic E-state index is 12.8. The van der Waals surface area contributed by atoms with Gasteiger partial charge in [-0.25, -0.2) is 0 Å². The second-order valence-electron chi connectivity index (χ2n) is 5.57. The fourth-order valence-corrected chi connectivity index (χ4v) is 2.64. The van der Waals surface area contributed by atoms with Gasteiger partial charge in [0.2, 0.25) is 0 Å². The van der Waals surface area contributed by atoms with Crippen molar-refractivity contribution in [2.24, 2.45) is 0 Å². The zero-order valence-corrected chi connectivity index (χ0v) is 12.5. The smallest absolute Gasteiger partial charge is 0.196 e. The van der Waals surface area contributed by atoms with Crippen molar-refractivity contribution in [3.05, 3.63) is 58.7 Å². The van der Waals surface area contributed by atoms with E-state index in [1.54, 1.807) is 36.4 Å². The monoisotopic (exact) mass is 295 g/mol. The van der Waals surface area contributed by atoms with Gasteiger partial charge < -0.3 is 11.1 Å². The highest BCUT2D eigenvalue weighted by molar-refractivity contribution is 6.31. The number of nitrogens with zero attached hydrogens (tertiary/aromatic N) is 1. The predicted molar refractivity (Wildman–Crippen MR) is 86.3 cm³/mol. The first kappa shape index (κ1) is 14.3. The Morgan fingerprint density at radius 3 is 2.14 bits per heavy atom. The van der Waals surface area contributed by atoms with Crippen LogP contribution in [0.3, 0.4) is 0 Å². The van der Waals surface area contributed by atoms with E-state index in [1.165, 1.54) is 0 Å². The van der Waals surface area contributed by atoms with Crippen LogP contribution in [0.1, 0.15) is 31.8 Å². The Kier molecular flexibility index (Phi) is 3.42. The highest BCUT2D eigenvalue weighted by atomic mass is 16.1. The summed E-state index contributed by atoms with van der Waals surface area (Å²) in [6.07, 6.45) is 0. The van der Waals surface area contributed by atoms with Gasteiger partial charge >= 0.3 is 0 Å². The molecule has 2 aromatic carbocycles. The van der Waals surface area contributed by atoms with Gasteiger partial charge in [0.05, 0.1) is 17.8 Å². The normalized spacial score (nSPS) is 13.0. The van der Waals surface area contributed by atoms with E-state index in [2.05, 4.69) is 5.32 Å². The number of nitrogen functional groups attached to an aromatic ring is 1. The molecule has 22 heavy (non-hydrogen) atoms. The zero-order valence-electron chi connectivity index (χ0n) is 12.5. The Balaban J connectivity index is 2.18. The van der Waals surface area contributed by atoms with Crippen molar-refractivity contribution in [3.8, 4) is 0 Å². The lowest BCUT2D eigenvalue weighted by Crippen LogP contribution is -2.26. The molecule has 0 unspecified atom stereocenters. The van der Waals surface area contributed by atoms with E-state index in [4.69, 9.17) is 5.73 Å². The molecule has 3 rings (SSSR count). The molecule has 0 aromatic heterocycles. The topological polar surface area (TPSA) is 75.4 Å². The first-order chi connectivity index (χ1) is 10.5. The summed E-state index contributed by atoms with van der Waals surface area (Å²) in [5.74, 6) is -0.366. The molecule has 112 valence electrons. The molecule has 0 bridgehead atoms. The molecule has 0 radical (unpaired) electrons. The van der Waals surface area contributed by atoms with Gasteiger partial charge in [-0.2, -0.15) is 0 Å². The second kappa shape index (κ2) is 5.27. The molecule has 2 aromatic rings. The molecule has 1 aliphatic rings. The molecule has 3 N–H and O–H groups in total. The fourth-order valence-electron chi connectivity index (χ4n) is 2.64. The lowest BCUT2D eigenvalue weighted by molar-refractivity contribution is 0.0980. The van der Waals surface area contributed by atoms with Crippen molar-refractivity contribution in [3.63, 3.8) is 0 Å². The largest absolute Gasteiger partial charge is 0.398 e. The molecule has 0 amide bonds. The van der Waals surface area contributed by atoms with Gasteiger partial charge in [0.1, 0.15) is 0 Å². The van der Waals surface area contributed by atoms with Crippen LogP contribution in [0.4, 0.5) is 11.4 Å². The Morgan fingerprint density at radius 1 is 0.955 bits per heavy atom. The number of anilines is 2. The summed E-state index contributed by atoms with van der Waals surface area (Å²) >= 11 is 0. The highest BCUT2D eigenvalue weighted by Crippen LogP contribution is 2.35. The van der Waals surface area contributed by atoms with Gasteiger partial charge in [-0.1, -0.05) is 24.3 Å². The van der Waals surface area contributed by atoms with Crippen molar-refractivity contribution in [2.45, 2.75) is 0 Å². The maximum atomic E-state index is 12.8. The average Bonchev–Trinajstić information content (AvgIpc) is 2.51. The number of hydrogen-bond donors (Lipinski definition) is 2. The van der Waals surface area contributed by atoms with Crippen molar-refractivity contribution in [1.82, 2.24) is 4.90 Å². The van der Waals surface area contributed by atoms with E-state index in [1.807, 2.05) is 19.0 Å². The van der Waals surface area contributed by atoms with Gasteiger partial charge in [0.15, 0.2) is 11.6 Å². The Hall–Kier alpha value is -2.66. The molecular weight excluding hydrogens is 278 g/mol. The number of fused-ring (bicyclic) bond motifs is 2. The summed E-state index contributed by atoms with van der Waals surface area (Å²) in [6.45, 7) is 0.555. The number of hydrogen-bond acceptors (Lipinski definition) is 5. The molecule has 5 heteroatoms. The first-order valence-corrected chi connectivity index (χ1v) is 7.00. The summed E-state index contributed by atoms with van der Waals surface area (Å²) in [5, 5.41) is 3.18. The van der Waals surface area contributed by atoms with Crippen LogP contribution in [0.5, 0.6) is 0 Å². The Labute approximate surface area is 128 Å². The molecule has 0 aliphatic heterocycles. The summed E-state index contributed by atoms with van der Waals surface area (Å²) < 4.78 is 0. The van der Waals surface area contributed by atoms with Crippen LogP contribution in [0.15, 0.2) is 36.4 Å². The minimum absolute atomic E-state index is 0.168. The average molecular weight is 295 g/mol. The lowest BCUT2D eigenvalue weighted by atomic mass is 9.82. The third-order valence-electron chi connectivity index (χ3n) is 3.69. The molecule has 0 saturated heterocycles. The molecule has 1 aliphatic carbocycles. The van der Waals surface area contributed by atoms with Crippen molar-refractivity contribution < 1.29 is 9.59 Å². The fraction of sp³-hybridized carbons (Fsp3) is 0.176. The van der Waals surface area contributed by atoms with Gasteiger partial charge in [-0.05, 0) is 26.2 Å². The van der Waals surface area contributed by atoms with Crippen LogP contribution >= 0.6 is 0 Å². The molecule has 0 heterocycles. The van der Waals surface area contributed by atoms with E-state index in [-0.39, 0.29) is 11.6 Å². The van der Waals surface area contributed by atoms with Crippen molar-refractivity contribution in [1.29, 1.82) is 0 Å². The van der Waals surface area contributed by atoms with Crippen LogP contribution in [-0.4, -0.2) is 37.2 Å². The highest BCUT2D eigenvalue weighted by Gasteiger charge is 2.33. The number of ketones is 2. The quantitative estimate of drug-likeness (QED) is 0.571. The van der Waals surface area contributed by atoms with Crippen molar-refractivity contribution >= 4 is 22.9 Å². The summed E-state index contributed by atoms with van der Waals surface area (Å²) in [7, 11) is 3.83. The minimum atomic E-state index is -0.198. The number of rotatable bonds is 3. The zero-order chi connectivity index (χ0) is 15.9. The van der Waals surface area contributed by atoms with Crippen LogP contribution < -0.4 is 11.1 Å². The molecule has 0 atom stereocenters. The second-order valence-corrected chi connectivity index (χ2v) is 5.57. The van der Waals surface area contributed by atoms with Crippen molar-refractivity contribution in [2.75, 3.05) is 31.8 Å². The predicted octanol–water partition coefficient (Wildman–Crippen LogP) is 1.98. The van der Waals surface area contributed by atoms with Gasteiger partial charge in [-0.3, -0.25) is 14.5 Å². The van der Waals surface area contributed by atoms with E-state index in [0.29, 0.717) is 40.3 Å². The number of nitrogens with one attached hydrogen (secondary N) is 1. The Morgan fingerprint density at radius 2 is 1.55 bits per heavy atom. The van der Waals surface area contributed by atoms with E-state index in [9.17, 15) is 9.59 Å². The van der Waals surface area contributed by atoms with Gasteiger partial charge in [-0.15, -0.1) is 0 Å². The van der Waals surface area contributed by atoms with E-state index in [0.717, 1.165) is 0 Å². The Bertz CT molecular complexity index is 781. The molecule has 0 spiro atoms. The molecule has 5 nitrogen and oxygen atoms in total. The first-order valence-electron chi connectivity index (χ1n) is 7.00.